The van der Waals surface area contributed by atoms with Gasteiger partial charge in [0.25, 0.3) is 0 Å². The summed E-state index contributed by atoms with van der Waals surface area (Å²) in [5.74, 6) is 0.551. The number of aryl methyl sites for hydroxylation is 4. The largest absolute Gasteiger partial charge is 0.423 e. The second-order valence-electron chi connectivity index (χ2n) is 6.18. The molecule has 3 rings (SSSR count). The summed E-state index contributed by atoms with van der Waals surface area (Å²) in [4.78, 5) is 16.4. The van der Waals surface area contributed by atoms with Crippen molar-refractivity contribution in [1.29, 1.82) is 5.26 Å². The highest BCUT2D eigenvalue weighted by Crippen LogP contribution is 2.30. The molecule has 0 aliphatic carbocycles. The zero-order chi connectivity index (χ0) is 18.1. The number of pyridine rings is 1. The molecule has 4 nitrogen and oxygen atoms in total. The summed E-state index contributed by atoms with van der Waals surface area (Å²) in [7, 11) is 0. The first kappa shape index (κ1) is 17.2. The Kier molecular flexibility index (Phi) is 4.65. The first-order valence-electron chi connectivity index (χ1n) is 7.94. The Hall–Kier alpha value is -2.58. The van der Waals surface area contributed by atoms with Crippen LogP contribution in [0.5, 0.6) is 0 Å². The Morgan fingerprint density at radius 3 is 2.52 bits per heavy atom. The number of aromatic nitrogens is 1. The van der Waals surface area contributed by atoms with Crippen molar-refractivity contribution in [3.05, 3.63) is 68.2 Å². The van der Waals surface area contributed by atoms with E-state index in [0.717, 1.165) is 33.3 Å². The molecule has 0 N–H and O–H groups in total. The Morgan fingerprint density at radius 1 is 1.08 bits per heavy atom. The zero-order valence-electron chi connectivity index (χ0n) is 14.6. The van der Waals surface area contributed by atoms with Crippen LogP contribution >= 0.6 is 11.8 Å². The average Bonchev–Trinajstić information content (AvgIpc) is 2.54. The molecule has 25 heavy (non-hydrogen) atoms. The van der Waals surface area contributed by atoms with Crippen molar-refractivity contribution in [1.82, 2.24) is 4.98 Å². The van der Waals surface area contributed by atoms with Gasteiger partial charge in [0.2, 0.25) is 0 Å². The summed E-state index contributed by atoms with van der Waals surface area (Å²) in [5.41, 5.74) is 5.75. The molecule has 1 aromatic carbocycles. The maximum absolute atomic E-state index is 11.9. The summed E-state index contributed by atoms with van der Waals surface area (Å²) in [6, 6.07) is 9.60. The number of hydrogen-bond acceptors (Lipinski definition) is 5. The van der Waals surface area contributed by atoms with E-state index < -0.39 is 0 Å². The Balaban J connectivity index is 2.04. The first-order valence-corrected chi connectivity index (χ1v) is 8.92. The molecule has 2 aromatic heterocycles. The molecule has 126 valence electrons. The molecule has 0 unspecified atom stereocenters. The van der Waals surface area contributed by atoms with Gasteiger partial charge in [-0.1, -0.05) is 0 Å². The smallest absolute Gasteiger partial charge is 0.336 e. The van der Waals surface area contributed by atoms with Crippen LogP contribution in [-0.4, -0.2) is 4.98 Å². The number of thioether (sulfide) groups is 1. The number of nitriles is 1. The quantitative estimate of drug-likeness (QED) is 0.511. The van der Waals surface area contributed by atoms with Crippen LogP contribution in [0.2, 0.25) is 0 Å². The Bertz CT molecular complexity index is 1080. The van der Waals surface area contributed by atoms with Gasteiger partial charge >= 0.3 is 5.63 Å². The number of fused-ring (bicyclic) bond motifs is 1. The van der Waals surface area contributed by atoms with Crippen molar-refractivity contribution in [2.45, 2.75) is 38.5 Å². The lowest BCUT2D eigenvalue weighted by Gasteiger charge is -2.10. The molecule has 0 spiro atoms. The van der Waals surface area contributed by atoms with Crippen molar-refractivity contribution in [2.75, 3.05) is 0 Å². The van der Waals surface area contributed by atoms with Crippen LogP contribution in [0.4, 0.5) is 0 Å². The van der Waals surface area contributed by atoms with Gasteiger partial charge in [-0.2, -0.15) is 5.26 Å². The van der Waals surface area contributed by atoms with E-state index in [2.05, 4.69) is 11.1 Å². The van der Waals surface area contributed by atoms with Crippen molar-refractivity contribution < 1.29 is 4.42 Å². The highest BCUT2D eigenvalue weighted by atomic mass is 32.2. The minimum Gasteiger partial charge on any atom is -0.423 e. The Labute approximate surface area is 150 Å². The maximum Gasteiger partial charge on any atom is 0.336 e. The average molecular weight is 350 g/mol. The molecule has 5 heteroatoms. The third kappa shape index (κ3) is 3.45. The predicted octanol–water partition coefficient (Wildman–Crippen LogP) is 4.59. The zero-order valence-corrected chi connectivity index (χ0v) is 15.5. The van der Waals surface area contributed by atoms with E-state index in [1.165, 1.54) is 17.8 Å². The highest BCUT2D eigenvalue weighted by Gasteiger charge is 2.12. The SMILES string of the molecule is Cc1cc(C)c(C#N)c(SCc2cc(=O)oc3cc(C)c(C)cc23)n1. The standard InChI is InChI=1S/C20H18N2O2S/c1-11-6-16-15(8-19(23)24-18(16)7-12(11)2)10-25-20-17(9-21)13(3)5-14(4)22-20/h5-8H,10H2,1-4H3. The van der Waals surface area contributed by atoms with Crippen molar-refractivity contribution in [3.8, 4) is 6.07 Å². The molecule has 0 bridgehead atoms. The molecular formula is C20H18N2O2S. The lowest BCUT2D eigenvalue weighted by Crippen LogP contribution is -2.01. The molecule has 0 atom stereocenters. The molecular weight excluding hydrogens is 332 g/mol. The lowest BCUT2D eigenvalue weighted by molar-refractivity contribution is 0.559. The normalized spacial score (nSPS) is 10.8. The second-order valence-corrected chi connectivity index (χ2v) is 7.15. The number of rotatable bonds is 3. The second kappa shape index (κ2) is 6.73. The molecule has 2 heterocycles. The molecule has 0 saturated heterocycles. The molecule has 0 radical (unpaired) electrons. The van der Waals surface area contributed by atoms with Crippen LogP contribution in [-0.2, 0) is 5.75 Å². The van der Waals surface area contributed by atoms with Crippen LogP contribution in [0.3, 0.4) is 0 Å². The van der Waals surface area contributed by atoms with E-state index in [9.17, 15) is 10.1 Å². The van der Waals surface area contributed by atoms with Crippen molar-refractivity contribution in [3.63, 3.8) is 0 Å². The van der Waals surface area contributed by atoms with Gasteiger partial charge < -0.3 is 4.42 Å². The fraction of sp³-hybridized carbons (Fsp3) is 0.250. The highest BCUT2D eigenvalue weighted by molar-refractivity contribution is 7.98. The number of benzene rings is 1. The van der Waals surface area contributed by atoms with Gasteiger partial charge in [0.05, 0.1) is 5.56 Å². The van der Waals surface area contributed by atoms with Gasteiger partial charge in [-0.3, -0.25) is 0 Å². The van der Waals surface area contributed by atoms with Crippen LogP contribution in [0.1, 0.15) is 33.5 Å². The van der Waals surface area contributed by atoms with Crippen LogP contribution < -0.4 is 5.63 Å². The van der Waals surface area contributed by atoms with Crippen LogP contribution in [0.15, 0.2) is 38.5 Å². The summed E-state index contributed by atoms with van der Waals surface area (Å²) in [5, 5.41) is 11.0. The van der Waals surface area contributed by atoms with Gasteiger partial charge in [-0.15, -0.1) is 11.8 Å². The van der Waals surface area contributed by atoms with Crippen LogP contribution in [0.25, 0.3) is 11.0 Å². The van der Waals surface area contributed by atoms with E-state index in [-0.39, 0.29) is 5.63 Å². The monoisotopic (exact) mass is 350 g/mol. The fourth-order valence-electron chi connectivity index (χ4n) is 2.79. The van der Waals surface area contributed by atoms with Crippen LogP contribution in [0, 0.1) is 39.0 Å². The molecule has 3 aromatic rings. The van der Waals surface area contributed by atoms with Gasteiger partial charge in [-0.05, 0) is 68.1 Å². The first-order chi connectivity index (χ1) is 11.9. The minimum absolute atomic E-state index is 0.361. The summed E-state index contributed by atoms with van der Waals surface area (Å²) in [6.07, 6.45) is 0. The molecule has 0 aliphatic heterocycles. The number of hydrogen-bond donors (Lipinski definition) is 0. The minimum atomic E-state index is -0.361. The van der Waals surface area contributed by atoms with Gasteiger partial charge in [0.1, 0.15) is 16.7 Å². The maximum atomic E-state index is 11.9. The molecule has 0 amide bonds. The third-order valence-corrected chi connectivity index (χ3v) is 5.26. The lowest BCUT2D eigenvalue weighted by atomic mass is 10.0. The van der Waals surface area contributed by atoms with Gasteiger partial charge in [0, 0.05) is 22.9 Å². The fourth-order valence-corrected chi connectivity index (χ4v) is 3.88. The topological polar surface area (TPSA) is 66.9 Å². The summed E-state index contributed by atoms with van der Waals surface area (Å²) in [6.45, 7) is 7.86. The molecule has 0 aliphatic rings. The molecule has 0 saturated carbocycles. The van der Waals surface area contributed by atoms with Crippen molar-refractivity contribution >= 4 is 22.7 Å². The van der Waals surface area contributed by atoms with Crippen molar-refractivity contribution in [2.24, 2.45) is 0 Å². The molecule has 0 fully saturated rings. The summed E-state index contributed by atoms with van der Waals surface area (Å²) < 4.78 is 5.34. The van der Waals surface area contributed by atoms with Gasteiger partial charge in [0.15, 0.2) is 0 Å². The number of nitrogens with zero attached hydrogens (tertiary/aromatic N) is 2. The van der Waals surface area contributed by atoms with E-state index in [1.807, 2.05) is 45.9 Å². The third-order valence-electron chi connectivity index (χ3n) is 4.23. The van der Waals surface area contributed by atoms with E-state index in [4.69, 9.17) is 4.42 Å². The van der Waals surface area contributed by atoms with Gasteiger partial charge in [-0.25, -0.2) is 9.78 Å². The van der Waals surface area contributed by atoms with E-state index in [1.54, 1.807) is 0 Å². The predicted molar refractivity (Wildman–Crippen MR) is 99.9 cm³/mol. The Morgan fingerprint density at radius 2 is 1.80 bits per heavy atom. The summed E-state index contributed by atoms with van der Waals surface area (Å²) >= 11 is 1.47. The van der Waals surface area contributed by atoms with E-state index >= 15 is 0 Å². The van der Waals surface area contributed by atoms with E-state index in [0.29, 0.717) is 21.9 Å².